The Kier molecular flexibility index (Phi) is 7.66. The number of epoxide rings is 1. The van der Waals surface area contributed by atoms with Gasteiger partial charge in [-0.2, -0.15) is 0 Å². The zero-order valence-electron chi connectivity index (χ0n) is 24.5. The van der Waals surface area contributed by atoms with Gasteiger partial charge in [0.1, 0.15) is 30.0 Å². The predicted molar refractivity (Wildman–Crippen MR) is 139 cm³/mol. The lowest BCUT2D eigenvalue weighted by atomic mass is 9.55. The van der Waals surface area contributed by atoms with Crippen LogP contribution in [0.15, 0.2) is 23.8 Å². The van der Waals surface area contributed by atoms with E-state index in [1.54, 1.807) is 32.9 Å². The van der Waals surface area contributed by atoms with Crippen LogP contribution in [-0.2, 0) is 52.4 Å². The van der Waals surface area contributed by atoms with Gasteiger partial charge in [-0.25, -0.2) is 4.79 Å². The molecule has 0 aromatic carbocycles. The third-order valence-corrected chi connectivity index (χ3v) is 8.86. The third kappa shape index (κ3) is 4.84. The van der Waals surface area contributed by atoms with Gasteiger partial charge in [0.2, 0.25) is 0 Å². The Labute approximate surface area is 238 Å². The van der Waals surface area contributed by atoms with Gasteiger partial charge in [-0.1, -0.05) is 19.9 Å². The second kappa shape index (κ2) is 10.2. The first kappa shape index (κ1) is 30.7. The second-order valence-electron chi connectivity index (χ2n) is 11.8. The molecule has 2 heterocycles. The van der Waals surface area contributed by atoms with Crippen LogP contribution >= 0.6 is 0 Å². The van der Waals surface area contributed by atoms with Gasteiger partial charge in [0.15, 0.2) is 17.3 Å². The number of esters is 5. The Bertz CT molecular complexity index is 1220. The topological polar surface area (TPSA) is 164 Å². The molecule has 10 unspecified atom stereocenters. The number of hydrogen-bond donors (Lipinski definition) is 1. The molecule has 12 nitrogen and oxygen atoms in total. The molecule has 4 rings (SSSR count). The largest absolute Gasteiger partial charge is 0.461 e. The van der Waals surface area contributed by atoms with Crippen molar-refractivity contribution in [3.63, 3.8) is 0 Å². The highest BCUT2D eigenvalue weighted by Crippen LogP contribution is 2.65. The van der Waals surface area contributed by atoms with Crippen molar-refractivity contribution in [3.05, 3.63) is 23.8 Å². The smallest absolute Gasteiger partial charge is 0.342 e. The summed E-state index contributed by atoms with van der Waals surface area (Å²) in [5, 5.41) is 12.2. The molecule has 0 saturated carbocycles. The van der Waals surface area contributed by atoms with E-state index < -0.39 is 88.5 Å². The van der Waals surface area contributed by atoms with Crippen LogP contribution in [0, 0.1) is 11.3 Å². The molecule has 12 heteroatoms. The Balaban J connectivity index is 2.03. The van der Waals surface area contributed by atoms with Crippen LogP contribution in [-0.4, -0.2) is 82.3 Å². The van der Waals surface area contributed by atoms with Crippen molar-refractivity contribution in [1.82, 2.24) is 0 Å². The molecule has 0 bridgehead atoms. The van der Waals surface area contributed by atoms with E-state index in [0.29, 0.717) is 5.57 Å². The molecule has 10 atom stereocenters. The molecule has 1 spiro atoms. The highest BCUT2D eigenvalue weighted by molar-refractivity contribution is 5.89. The normalized spacial score (nSPS) is 42.8. The quantitative estimate of drug-likeness (QED) is 0.218. The standard InChI is InChI=1S/C29H38O12/c1-9-22(33)39-18-13-20(37-16(4)31)26(6)11-10-19(36-15(3)30)27(7,35)23(26)24(38-17(5)32)29-21(12-14(18)2)40-25(34)28(29,8)41-29/h10-12,18-21,23-24,35H,9,13H2,1-8H3. The summed E-state index contributed by atoms with van der Waals surface area (Å²) in [5.74, 6) is -4.45. The number of carbonyl (C=O) groups is 5. The van der Waals surface area contributed by atoms with E-state index in [1.165, 1.54) is 40.7 Å². The van der Waals surface area contributed by atoms with Gasteiger partial charge >= 0.3 is 29.8 Å². The van der Waals surface area contributed by atoms with E-state index in [-0.39, 0.29) is 12.8 Å². The van der Waals surface area contributed by atoms with E-state index in [4.69, 9.17) is 28.4 Å². The van der Waals surface area contributed by atoms with Crippen LogP contribution in [0.2, 0.25) is 0 Å². The Morgan fingerprint density at radius 2 is 1.61 bits per heavy atom. The van der Waals surface area contributed by atoms with Gasteiger partial charge in [0.25, 0.3) is 0 Å². The monoisotopic (exact) mass is 578 g/mol. The molecule has 2 saturated heterocycles. The average molecular weight is 579 g/mol. The Morgan fingerprint density at radius 3 is 2.15 bits per heavy atom. The minimum absolute atomic E-state index is 0.0438. The van der Waals surface area contributed by atoms with Gasteiger partial charge in [-0.15, -0.1) is 0 Å². The van der Waals surface area contributed by atoms with E-state index in [0.717, 1.165) is 0 Å². The molecule has 2 fully saturated rings. The van der Waals surface area contributed by atoms with Gasteiger partial charge in [-0.3, -0.25) is 19.2 Å². The van der Waals surface area contributed by atoms with Crippen LogP contribution in [0.4, 0.5) is 0 Å². The molecule has 0 aromatic rings. The molecule has 0 aromatic heterocycles. The van der Waals surface area contributed by atoms with E-state index >= 15 is 0 Å². The summed E-state index contributed by atoms with van der Waals surface area (Å²) < 4.78 is 34.9. The molecule has 4 aliphatic rings. The summed E-state index contributed by atoms with van der Waals surface area (Å²) in [7, 11) is 0. The van der Waals surface area contributed by atoms with E-state index in [1.807, 2.05) is 0 Å². The molecule has 226 valence electrons. The van der Waals surface area contributed by atoms with Gasteiger partial charge in [0.05, 0.1) is 0 Å². The number of hydrogen-bond acceptors (Lipinski definition) is 12. The van der Waals surface area contributed by atoms with Crippen LogP contribution in [0.3, 0.4) is 0 Å². The zero-order chi connectivity index (χ0) is 30.7. The molecule has 2 aliphatic carbocycles. The summed E-state index contributed by atoms with van der Waals surface area (Å²) >= 11 is 0. The lowest BCUT2D eigenvalue weighted by Gasteiger charge is -2.55. The fraction of sp³-hybridized carbons (Fsp3) is 0.690. The zero-order valence-corrected chi connectivity index (χ0v) is 24.5. The Morgan fingerprint density at radius 1 is 1.00 bits per heavy atom. The lowest BCUT2D eigenvalue weighted by Crippen LogP contribution is -2.67. The number of aliphatic hydroxyl groups is 1. The first-order chi connectivity index (χ1) is 18.9. The molecular formula is C29H38O12. The van der Waals surface area contributed by atoms with E-state index in [9.17, 15) is 29.1 Å². The molecule has 0 radical (unpaired) electrons. The lowest BCUT2D eigenvalue weighted by molar-refractivity contribution is -0.220. The van der Waals surface area contributed by atoms with Crippen molar-refractivity contribution in [2.24, 2.45) is 11.3 Å². The van der Waals surface area contributed by atoms with Gasteiger partial charge < -0.3 is 33.5 Å². The Hall–Kier alpha value is -3.25. The summed E-state index contributed by atoms with van der Waals surface area (Å²) in [5.41, 5.74) is -5.99. The van der Waals surface area contributed by atoms with Crippen LogP contribution in [0.1, 0.15) is 68.2 Å². The van der Waals surface area contributed by atoms with E-state index in [2.05, 4.69) is 0 Å². The number of fused-ring (bicyclic) bond motifs is 1. The maximum Gasteiger partial charge on any atom is 0.342 e. The molecule has 2 aliphatic heterocycles. The van der Waals surface area contributed by atoms with Gasteiger partial charge in [0, 0.05) is 44.9 Å². The molecule has 41 heavy (non-hydrogen) atoms. The highest BCUT2D eigenvalue weighted by atomic mass is 16.7. The first-order valence-electron chi connectivity index (χ1n) is 13.7. The van der Waals surface area contributed by atoms with Crippen molar-refractivity contribution in [2.45, 2.75) is 116 Å². The van der Waals surface area contributed by atoms with Crippen molar-refractivity contribution in [1.29, 1.82) is 0 Å². The average Bonchev–Trinajstić information content (AvgIpc) is 3.44. The van der Waals surface area contributed by atoms with Crippen LogP contribution in [0.5, 0.6) is 0 Å². The number of ether oxygens (including phenoxy) is 6. The SMILES string of the molecule is CCC(=O)OC1CC(OC(C)=O)C2(C)C=CC(OC(C)=O)C(C)(O)C2C(OC(C)=O)C23OC2(C)C(=O)OC3C=C1C. The molecule has 1 N–H and O–H groups in total. The molecular weight excluding hydrogens is 540 g/mol. The molecule has 0 amide bonds. The van der Waals surface area contributed by atoms with Crippen molar-refractivity contribution in [3.8, 4) is 0 Å². The maximum absolute atomic E-state index is 13.1. The van der Waals surface area contributed by atoms with Crippen LogP contribution < -0.4 is 0 Å². The fourth-order valence-electron chi connectivity index (χ4n) is 6.81. The summed E-state index contributed by atoms with van der Waals surface area (Å²) in [4.78, 5) is 62.7. The fourth-order valence-corrected chi connectivity index (χ4v) is 6.81. The van der Waals surface area contributed by atoms with Crippen LogP contribution in [0.25, 0.3) is 0 Å². The maximum atomic E-state index is 13.1. The predicted octanol–water partition coefficient (Wildman–Crippen LogP) is 1.85. The summed E-state index contributed by atoms with van der Waals surface area (Å²) in [6.45, 7) is 11.5. The van der Waals surface area contributed by atoms with Crippen molar-refractivity contribution < 1.29 is 57.5 Å². The number of rotatable bonds is 5. The van der Waals surface area contributed by atoms with Gasteiger partial charge in [-0.05, 0) is 38.5 Å². The highest BCUT2D eigenvalue weighted by Gasteiger charge is 2.87. The first-order valence-corrected chi connectivity index (χ1v) is 13.7. The summed E-state index contributed by atoms with van der Waals surface area (Å²) in [6, 6.07) is 0. The minimum Gasteiger partial charge on any atom is -0.461 e. The summed E-state index contributed by atoms with van der Waals surface area (Å²) in [6.07, 6.45) is -0.910. The van der Waals surface area contributed by atoms with Crippen molar-refractivity contribution >= 4 is 29.8 Å². The third-order valence-electron chi connectivity index (χ3n) is 8.86. The second-order valence-corrected chi connectivity index (χ2v) is 11.8. The van der Waals surface area contributed by atoms with Crippen molar-refractivity contribution in [2.75, 3.05) is 0 Å². The number of carbonyl (C=O) groups excluding carboxylic acids is 5. The minimum atomic E-state index is -1.96.